The molecular formula is C21H20ClN3O2. The summed E-state index contributed by atoms with van der Waals surface area (Å²) in [5, 5.41) is 6.53. The van der Waals surface area contributed by atoms with Gasteiger partial charge in [-0.3, -0.25) is 9.78 Å². The third-order valence-corrected chi connectivity index (χ3v) is 3.98. The van der Waals surface area contributed by atoms with Crippen molar-refractivity contribution in [1.82, 2.24) is 4.98 Å². The minimum Gasteiger partial charge on any atom is -0.489 e. The molecule has 0 atom stereocenters. The van der Waals surface area contributed by atoms with Crippen LogP contribution in [0.1, 0.15) is 24.2 Å². The number of para-hydroxylation sites is 3. The third kappa shape index (κ3) is 4.99. The van der Waals surface area contributed by atoms with Gasteiger partial charge in [0.25, 0.3) is 5.91 Å². The van der Waals surface area contributed by atoms with Gasteiger partial charge in [-0.2, -0.15) is 0 Å². The Kier molecular flexibility index (Phi) is 5.94. The standard InChI is InChI=1S/C21H20ClN3O2/c1-14(2)27-20-10-6-5-9-19(20)24-16-11-15(12-23-13-16)21(26)25-18-8-4-3-7-17(18)22/h3-14,24H,1-2H3,(H,25,26). The van der Waals surface area contributed by atoms with Crippen molar-refractivity contribution in [1.29, 1.82) is 0 Å². The number of rotatable bonds is 6. The zero-order valence-corrected chi connectivity index (χ0v) is 15.8. The Morgan fingerprint density at radius 2 is 1.74 bits per heavy atom. The Balaban J connectivity index is 1.78. The maximum Gasteiger partial charge on any atom is 0.257 e. The first-order valence-electron chi connectivity index (χ1n) is 8.56. The number of anilines is 3. The summed E-state index contributed by atoms with van der Waals surface area (Å²) < 4.78 is 5.81. The van der Waals surface area contributed by atoms with Crippen molar-refractivity contribution in [2.24, 2.45) is 0 Å². The molecular weight excluding hydrogens is 362 g/mol. The van der Waals surface area contributed by atoms with Gasteiger partial charge in [0.1, 0.15) is 5.75 Å². The molecule has 6 heteroatoms. The quantitative estimate of drug-likeness (QED) is 0.590. The molecule has 27 heavy (non-hydrogen) atoms. The van der Waals surface area contributed by atoms with Crippen molar-refractivity contribution in [3.8, 4) is 5.75 Å². The fraction of sp³-hybridized carbons (Fsp3) is 0.143. The van der Waals surface area contributed by atoms with Crippen molar-refractivity contribution in [3.05, 3.63) is 77.6 Å². The number of hydrogen-bond donors (Lipinski definition) is 2. The van der Waals surface area contributed by atoms with E-state index in [1.54, 1.807) is 30.5 Å². The topological polar surface area (TPSA) is 63.2 Å². The highest BCUT2D eigenvalue weighted by Gasteiger charge is 2.11. The van der Waals surface area contributed by atoms with Gasteiger partial charge >= 0.3 is 0 Å². The summed E-state index contributed by atoms with van der Waals surface area (Å²) in [6.07, 6.45) is 3.21. The Bertz CT molecular complexity index is 944. The lowest BCUT2D eigenvalue weighted by molar-refractivity contribution is 0.102. The van der Waals surface area contributed by atoms with E-state index in [1.807, 2.05) is 44.2 Å². The van der Waals surface area contributed by atoms with Crippen LogP contribution in [-0.2, 0) is 0 Å². The van der Waals surface area contributed by atoms with E-state index in [9.17, 15) is 4.79 Å². The lowest BCUT2D eigenvalue weighted by Crippen LogP contribution is -2.13. The van der Waals surface area contributed by atoms with Gasteiger partial charge in [-0.1, -0.05) is 35.9 Å². The number of nitrogens with zero attached hydrogens (tertiary/aromatic N) is 1. The second-order valence-corrected chi connectivity index (χ2v) is 6.59. The number of ether oxygens (including phenoxy) is 1. The first-order valence-corrected chi connectivity index (χ1v) is 8.94. The normalized spacial score (nSPS) is 10.5. The molecule has 1 aromatic heterocycles. The van der Waals surface area contributed by atoms with Crippen LogP contribution in [0.5, 0.6) is 5.75 Å². The van der Waals surface area contributed by atoms with Crippen LogP contribution in [0.4, 0.5) is 17.1 Å². The molecule has 2 aromatic carbocycles. The summed E-state index contributed by atoms with van der Waals surface area (Å²) >= 11 is 6.10. The van der Waals surface area contributed by atoms with Crippen LogP contribution >= 0.6 is 11.6 Å². The number of amides is 1. The van der Waals surface area contributed by atoms with Crippen molar-refractivity contribution in [2.75, 3.05) is 10.6 Å². The number of aromatic nitrogens is 1. The molecule has 0 radical (unpaired) electrons. The molecule has 3 aromatic rings. The molecule has 2 N–H and O–H groups in total. The molecule has 0 aliphatic carbocycles. The molecule has 0 spiro atoms. The second-order valence-electron chi connectivity index (χ2n) is 6.18. The third-order valence-electron chi connectivity index (χ3n) is 3.65. The van der Waals surface area contributed by atoms with E-state index in [0.717, 1.165) is 11.4 Å². The van der Waals surface area contributed by atoms with Gasteiger partial charge in [-0.15, -0.1) is 0 Å². The van der Waals surface area contributed by atoms with Gasteiger partial charge in [-0.05, 0) is 44.2 Å². The van der Waals surface area contributed by atoms with E-state index in [0.29, 0.717) is 22.0 Å². The second kappa shape index (κ2) is 8.56. The minimum atomic E-state index is -0.286. The van der Waals surface area contributed by atoms with E-state index >= 15 is 0 Å². The largest absolute Gasteiger partial charge is 0.489 e. The van der Waals surface area contributed by atoms with Gasteiger partial charge in [0.2, 0.25) is 0 Å². The molecule has 3 rings (SSSR count). The first-order chi connectivity index (χ1) is 13.0. The number of hydrogen-bond acceptors (Lipinski definition) is 4. The van der Waals surface area contributed by atoms with Crippen LogP contribution in [0, 0.1) is 0 Å². The van der Waals surface area contributed by atoms with E-state index in [-0.39, 0.29) is 12.0 Å². The predicted molar refractivity (Wildman–Crippen MR) is 109 cm³/mol. The average molecular weight is 382 g/mol. The fourth-order valence-corrected chi connectivity index (χ4v) is 2.65. The predicted octanol–water partition coefficient (Wildman–Crippen LogP) is 5.52. The fourth-order valence-electron chi connectivity index (χ4n) is 2.47. The van der Waals surface area contributed by atoms with Gasteiger partial charge in [0.05, 0.1) is 39.9 Å². The van der Waals surface area contributed by atoms with Gasteiger partial charge in [0.15, 0.2) is 0 Å². The van der Waals surface area contributed by atoms with Gasteiger partial charge < -0.3 is 15.4 Å². The summed E-state index contributed by atoms with van der Waals surface area (Å²) in [6.45, 7) is 3.94. The zero-order chi connectivity index (χ0) is 19.2. The van der Waals surface area contributed by atoms with Gasteiger partial charge in [0, 0.05) is 6.20 Å². The Morgan fingerprint density at radius 3 is 2.48 bits per heavy atom. The van der Waals surface area contributed by atoms with Crippen molar-refractivity contribution in [2.45, 2.75) is 20.0 Å². The van der Waals surface area contributed by atoms with Crippen molar-refractivity contribution < 1.29 is 9.53 Å². The smallest absolute Gasteiger partial charge is 0.257 e. The molecule has 0 aliphatic heterocycles. The molecule has 0 saturated carbocycles. The number of pyridine rings is 1. The molecule has 0 fully saturated rings. The van der Waals surface area contributed by atoms with E-state index in [1.165, 1.54) is 6.20 Å². The molecule has 5 nitrogen and oxygen atoms in total. The van der Waals surface area contributed by atoms with Crippen LogP contribution in [0.3, 0.4) is 0 Å². The number of halogens is 1. The summed E-state index contributed by atoms with van der Waals surface area (Å²) in [4.78, 5) is 16.7. The highest BCUT2D eigenvalue weighted by atomic mass is 35.5. The molecule has 0 aliphatic rings. The summed E-state index contributed by atoms with van der Waals surface area (Å²) in [5.74, 6) is 0.449. The SMILES string of the molecule is CC(C)Oc1ccccc1Nc1cncc(C(=O)Nc2ccccc2Cl)c1. The zero-order valence-electron chi connectivity index (χ0n) is 15.1. The molecule has 1 amide bonds. The van der Waals surface area contributed by atoms with E-state index in [4.69, 9.17) is 16.3 Å². The number of carbonyl (C=O) groups excluding carboxylic acids is 1. The van der Waals surface area contributed by atoms with Crippen LogP contribution < -0.4 is 15.4 Å². The van der Waals surface area contributed by atoms with Crippen LogP contribution in [-0.4, -0.2) is 17.0 Å². The van der Waals surface area contributed by atoms with E-state index in [2.05, 4.69) is 15.6 Å². The summed E-state index contributed by atoms with van der Waals surface area (Å²) in [7, 11) is 0. The molecule has 138 valence electrons. The van der Waals surface area contributed by atoms with E-state index < -0.39 is 0 Å². The van der Waals surface area contributed by atoms with Crippen LogP contribution in [0.2, 0.25) is 5.02 Å². The average Bonchev–Trinajstić information content (AvgIpc) is 2.65. The lowest BCUT2D eigenvalue weighted by atomic mass is 10.2. The monoisotopic (exact) mass is 381 g/mol. The van der Waals surface area contributed by atoms with Crippen LogP contribution in [0.25, 0.3) is 0 Å². The van der Waals surface area contributed by atoms with Crippen LogP contribution in [0.15, 0.2) is 67.0 Å². The van der Waals surface area contributed by atoms with Crippen molar-refractivity contribution >= 4 is 34.6 Å². The highest BCUT2D eigenvalue weighted by molar-refractivity contribution is 6.33. The lowest BCUT2D eigenvalue weighted by Gasteiger charge is -2.15. The Labute approximate surface area is 163 Å². The molecule has 0 bridgehead atoms. The maximum atomic E-state index is 12.5. The van der Waals surface area contributed by atoms with Crippen molar-refractivity contribution in [3.63, 3.8) is 0 Å². The highest BCUT2D eigenvalue weighted by Crippen LogP contribution is 2.28. The molecule has 0 unspecified atom stereocenters. The summed E-state index contributed by atoms with van der Waals surface area (Å²) in [5.41, 5.74) is 2.46. The number of nitrogens with one attached hydrogen (secondary N) is 2. The first kappa shape index (κ1) is 18.7. The number of carbonyl (C=O) groups is 1. The van der Waals surface area contributed by atoms with Gasteiger partial charge in [-0.25, -0.2) is 0 Å². The molecule has 1 heterocycles. The Morgan fingerprint density at radius 1 is 1.04 bits per heavy atom. The number of benzene rings is 2. The molecule has 0 saturated heterocycles. The minimum absolute atomic E-state index is 0.0545. The Hall–Kier alpha value is -3.05. The maximum absolute atomic E-state index is 12.5. The summed E-state index contributed by atoms with van der Waals surface area (Å²) in [6, 6.07) is 16.4.